The Labute approximate surface area is 250 Å². The number of amides is 2. The van der Waals surface area contributed by atoms with Crippen molar-refractivity contribution in [2.75, 3.05) is 32.8 Å². The third-order valence-corrected chi connectivity index (χ3v) is 9.20. The van der Waals surface area contributed by atoms with Gasteiger partial charge >= 0.3 is 12.1 Å². The second-order valence-corrected chi connectivity index (χ2v) is 13.2. The van der Waals surface area contributed by atoms with Crippen molar-refractivity contribution in [3.63, 3.8) is 0 Å². The third kappa shape index (κ3) is 7.16. The Morgan fingerprint density at radius 3 is 2.12 bits per heavy atom. The number of rotatable bonds is 5. The van der Waals surface area contributed by atoms with Gasteiger partial charge in [0, 0.05) is 31.7 Å². The molecule has 0 spiro atoms. The number of nitrogens with zero attached hydrogens (tertiary/aromatic N) is 2. The number of hydrogen-bond acceptors (Lipinski definition) is 5. The van der Waals surface area contributed by atoms with Gasteiger partial charge in [-0.15, -0.1) is 0 Å². The van der Waals surface area contributed by atoms with Crippen LogP contribution in [0.1, 0.15) is 98.3 Å². The van der Waals surface area contributed by atoms with Gasteiger partial charge in [0.15, 0.2) is 0 Å². The molecule has 2 saturated heterocycles. The average molecular weight is 575 g/mol. The van der Waals surface area contributed by atoms with E-state index in [4.69, 9.17) is 9.47 Å². The number of likely N-dealkylation sites (tertiary alicyclic amines) is 2. The molecular weight excluding hydrogens is 528 g/mol. The normalized spacial score (nSPS) is 19.9. The minimum Gasteiger partial charge on any atom is -0.466 e. The fourth-order valence-corrected chi connectivity index (χ4v) is 7.04. The first-order valence-electron chi connectivity index (χ1n) is 15.7. The first-order chi connectivity index (χ1) is 20.1. The summed E-state index contributed by atoms with van der Waals surface area (Å²) in [6, 6.07) is 14.5. The molecule has 0 saturated carbocycles. The number of piperidine rings is 2. The Morgan fingerprint density at radius 1 is 0.833 bits per heavy atom. The monoisotopic (exact) mass is 574 g/mol. The van der Waals surface area contributed by atoms with Crippen LogP contribution in [0.15, 0.2) is 42.5 Å². The van der Waals surface area contributed by atoms with Gasteiger partial charge in [0.05, 0.1) is 13.0 Å². The molecule has 2 aliphatic heterocycles. The maximum atomic E-state index is 13.6. The smallest absolute Gasteiger partial charge is 0.410 e. The number of esters is 1. The second kappa shape index (κ2) is 12.9. The average Bonchev–Trinajstić information content (AvgIpc) is 3.12. The van der Waals surface area contributed by atoms with Gasteiger partial charge in [0.2, 0.25) is 0 Å². The van der Waals surface area contributed by atoms with Gasteiger partial charge in [0.25, 0.3) is 5.91 Å². The van der Waals surface area contributed by atoms with Crippen molar-refractivity contribution < 1.29 is 23.9 Å². The molecule has 5 rings (SSSR count). The fourth-order valence-electron chi connectivity index (χ4n) is 7.04. The third-order valence-electron chi connectivity index (χ3n) is 9.20. The van der Waals surface area contributed by atoms with Crippen molar-refractivity contribution in [1.29, 1.82) is 0 Å². The van der Waals surface area contributed by atoms with E-state index in [1.165, 1.54) is 22.3 Å². The maximum Gasteiger partial charge on any atom is 0.410 e. The number of fused-ring (bicyclic) bond motifs is 2. The van der Waals surface area contributed by atoms with Gasteiger partial charge in [-0.1, -0.05) is 30.3 Å². The maximum absolute atomic E-state index is 13.6. The van der Waals surface area contributed by atoms with Crippen LogP contribution in [0, 0.1) is 11.8 Å². The van der Waals surface area contributed by atoms with Gasteiger partial charge in [-0.2, -0.15) is 0 Å². The molecule has 0 N–H and O–H groups in total. The van der Waals surface area contributed by atoms with Crippen LogP contribution in [0.5, 0.6) is 0 Å². The van der Waals surface area contributed by atoms with Crippen LogP contribution in [-0.4, -0.2) is 66.2 Å². The van der Waals surface area contributed by atoms with Crippen molar-refractivity contribution in [2.24, 2.45) is 11.8 Å². The lowest BCUT2D eigenvalue weighted by atomic mass is 9.79. The predicted molar refractivity (Wildman–Crippen MR) is 163 cm³/mol. The molecule has 0 bridgehead atoms. The van der Waals surface area contributed by atoms with E-state index >= 15 is 0 Å². The molecule has 42 heavy (non-hydrogen) atoms. The van der Waals surface area contributed by atoms with Gasteiger partial charge < -0.3 is 19.3 Å². The van der Waals surface area contributed by atoms with Crippen LogP contribution in [0.25, 0.3) is 0 Å². The Balaban J connectivity index is 1.19. The molecule has 2 amide bonds. The summed E-state index contributed by atoms with van der Waals surface area (Å²) in [6.07, 6.45) is 5.70. The highest BCUT2D eigenvalue weighted by Gasteiger charge is 2.34. The predicted octanol–water partition coefficient (Wildman–Crippen LogP) is 6.37. The van der Waals surface area contributed by atoms with Crippen LogP contribution in [-0.2, 0) is 27.1 Å². The zero-order valence-corrected chi connectivity index (χ0v) is 25.7. The summed E-state index contributed by atoms with van der Waals surface area (Å²) in [5.41, 5.74) is 5.07. The lowest BCUT2D eigenvalue weighted by Crippen LogP contribution is -2.45. The molecule has 1 aliphatic carbocycles. The Kier molecular flexibility index (Phi) is 9.24. The zero-order valence-electron chi connectivity index (χ0n) is 25.7. The van der Waals surface area contributed by atoms with Crippen LogP contribution >= 0.6 is 0 Å². The molecule has 0 radical (unpaired) electrons. The number of hydrogen-bond donors (Lipinski definition) is 0. The lowest BCUT2D eigenvalue weighted by molar-refractivity contribution is -0.143. The van der Waals surface area contributed by atoms with Crippen LogP contribution < -0.4 is 0 Å². The quantitative estimate of drug-likeness (QED) is 0.388. The Morgan fingerprint density at radius 2 is 1.48 bits per heavy atom. The summed E-state index contributed by atoms with van der Waals surface area (Å²) in [5, 5.41) is 0. The first-order valence-corrected chi connectivity index (χ1v) is 15.7. The Bertz CT molecular complexity index is 1280. The SMILES string of the molecule is CCOC(=O)CC1Cc2ccc(C(=O)N3CCC(C4CCN(C(=O)OC(C)(C)C)CC4)CC3)cc2Cc2ccccc21. The van der Waals surface area contributed by atoms with E-state index in [0.29, 0.717) is 24.9 Å². The molecule has 2 aromatic rings. The molecule has 2 fully saturated rings. The van der Waals surface area contributed by atoms with Crippen molar-refractivity contribution in [1.82, 2.24) is 9.80 Å². The molecule has 1 unspecified atom stereocenters. The molecule has 3 aliphatic rings. The molecular formula is C35H46N2O5. The van der Waals surface area contributed by atoms with Gasteiger partial charge in [-0.05, 0) is 118 Å². The summed E-state index contributed by atoms with van der Waals surface area (Å²) in [6.45, 7) is 11.0. The van der Waals surface area contributed by atoms with Crippen LogP contribution in [0.3, 0.4) is 0 Å². The topological polar surface area (TPSA) is 76.2 Å². The van der Waals surface area contributed by atoms with Gasteiger partial charge in [-0.3, -0.25) is 9.59 Å². The van der Waals surface area contributed by atoms with Crippen molar-refractivity contribution in [3.8, 4) is 0 Å². The zero-order chi connectivity index (χ0) is 29.9. The van der Waals surface area contributed by atoms with Crippen LogP contribution in [0.2, 0.25) is 0 Å². The van der Waals surface area contributed by atoms with E-state index in [2.05, 4.69) is 24.3 Å². The highest BCUT2D eigenvalue weighted by atomic mass is 16.6. The Hall–Kier alpha value is -3.35. The molecule has 1 atom stereocenters. The summed E-state index contributed by atoms with van der Waals surface area (Å²) >= 11 is 0. The van der Waals surface area contributed by atoms with E-state index in [0.717, 1.165) is 70.3 Å². The van der Waals surface area contributed by atoms with Crippen molar-refractivity contribution in [2.45, 2.75) is 84.2 Å². The summed E-state index contributed by atoms with van der Waals surface area (Å²) in [4.78, 5) is 42.3. The minimum absolute atomic E-state index is 0.0677. The lowest BCUT2D eigenvalue weighted by Gasteiger charge is -2.40. The number of benzene rings is 2. The highest BCUT2D eigenvalue weighted by Crippen LogP contribution is 2.36. The number of ether oxygens (including phenoxy) is 2. The number of carbonyl (C=O) groups excluding carboxylic acids is 3. The van der Waals surface area contributed by atoms with Crippen LogP contribution in [0.4, 0.5) is 4.79 Å². The number of carbonyl (C=O) groups is 3. The largest absolute Gasteiger partial charge is 0.466 e. The van der Waals surface area contributed by atoms with Crippen molar-refractivity contribution in [3.05, 3.63) is 70.3 Å². The molecule has 7 nitrogen and oxygen atoms in total. The van der Waals surface area contributed by atoms with E-state index < -0.39 is 5.60 Å². The molecule has 2 heterocycles. The molecule has 0 aromatic heterocycles. The highest BCUT2D eigenvalue weighted by molar-refractivity contribution is 5.94. The van der Waals surface area contributed by atoms with Gasteiger partial charge in [0.1, 0.15) is 5.60 Å². The fraction of sp³-hybridized carbons (Fsp3) is 0.571. The van der Waals surface area contributed by atoms with E-state index in [1.54, 1.807) is 0 Å². The van der Waals surface area contributed by atoms with E-state index in [-0.39, 0.29) is 23.9 Å². The standard InChI is InChI=1S/C35H46N2O5/c1-5-41-32(38)23-30-20-26-10-11-28(22-29(26)21-27-8-6-7-9-31(27)30)33(39)36-16-12-24(13-17-36)25-14-18-37(19-15-25)34(40)42-35(2,3)4/h6-11,22,24-25,30H,5,12-21,23H2,1-4H3. The molecule has 2 aromatic carbocycles. The summed E-state index contributed by atoms with van der Waals surface area (Å²) < 4.78 is 10.8. The minimum atomic E-state index is -0.471. The summed E-state index contributed by atoms with van der Waals surface area (Å²) in [5.74, 6) is 1.20. The van der Waals surface area contributed by atoms with Crippen molar-refractivity contribution >= 4 is 18.0 Å². The van der Waals surface area contributed by atoms with E-state index in [1.807, 2.05) is 55.7 Å². The second-order valence-electron chi connectivity index (χ2n) is 13.2. The first kappa shape index (κ1) is 30.1. The van der Waals surface area contributed by atoms with E-state index in [9.17, 15) is 14.4 Å². The summed E-state index contributed by atoms with van der Waals surface area (Å²) in [7, 11) is 0. The molecule has 226 valence electrons. The van der Waals surface area contributed by atoms with Gasteiger partial charge in [-0.25, -0.2) is 4.79 Å². The molecule has 7 heteroatoms.